The fraction of sp³-hybridized carbons (Fsp3) is 0.417. The van der Waals surface area contributed by atoms with Crippen molar-refractivity contribution in [1.82, 2.24) is 0 Å². The number of hydrogen-bond acceptors (Lipinski definition) is 1. The molecule has 1 aromatic carbocycles. The molecule has 1 nitrogen and oxygen atoms in total. The monoisotopic (exact) mass is 339 g/mol. The van der Waals surface area contributed by atoms with Crippen LogP contribution in [0.5, 0.6) is 0 Å². The Bertz CT molecular complexity index is 490. The van der Waals surface area contributed by atoms with E-state index in [1.807, 2.05) is 0 Å². The molecule has 0 N–H and O–H groups in total. The minimum absolute atomic E-state index is 0.159. The van der Waals surface area contributed by atoms with Crippen LogP contribution in [0.2, 0.25) is 0 Å². The van der Waals surface area contributed by atoms with Gasteiger partial charge in [-0.1, -0.05) is 0 Å². The Kier molecular flexibility index (Phi) is 5.05. The van der Waals surface area contributed by atoms with Gasteiger partial charge in [-0.25, -0.2) is 0 Å². The van der Waals surface area contributed by atoms with E-state index < -0.39 is 40.8 Å². The van der Waals surface area contributed by atoms with E-state index in [1.54, 1.807) is 0 Å². The van der Waals surface area contributed by atoms with Crippen molar-refractivity contribution in [3.05, 3.63) is 41.0 Å². The molecule has 0 unspecified atom stereocenters. The van der Waals surface area contributed by atoms with Crippen LogP contribution < -0.4 is 0 Å². The maximum Gasteiger partial charge on any atom is 0.416 e. The summed E-state index contributed by atoms with van der Waals surface area (Å²) < 4.78 is 119. The van der Waals surface area contributed by atoms with Crippen LogP contribution in [0.15, 0.2) is 12.1 Å². The van der Waals surface area contributed by atoms with Crippen LogP contribution in [0.25, 0.3) is 0 Å². The lowest BCUT2D eigenvalue weighted by molar-refractivity contribution is -0.149. The van der Waals surface area contributed by atoms with Crippen molar-refractivity contribution in [2.24, 2.45) is 0 Å². The zero-order valence-corrected chi connectivity index (χ0v) is 10.7. The molecule has 0 amide bonds. The Labute approximate surface area is 118 Å². The second-order valence-electron chi connectivity index (χ2n) is 4.05. The molecule has 0 aliphatic rings. The van der Waals surface area contributed by atoms with Crippen LogP contribution in [0.4, 0.5) is 39.5 Å². The van der Waals surface area contributed by atoms with Gasteiger partial charge >= 0.3 is 18.5 Å². The molecule has 1 rings (SSSR count). The van der Waals surface area contributed by atoms with E-state index >= 15 is 0 Å². The Morgan fingerprint density at radius 1 is 0.818 bits per heavy atom. The Morgan fingerprint density at radius 2 is 1.23 bits per heavy atom. The normalized spacial score (nSPS) is 13.5. The van der Waals surface area contributed by atoms with Gasteiger partial charge in [-0.05, 0) is 19.1 Å². The largest absolute Gasteiger partial charge is 0.416 e. The molecule has 0 aromatic heterocycles. The SMILES string of the molecule is CCO[CH]c1c(C(F)(F)F)cc(C(F)(F)F)cc1C(F)(F)F. The van der Waals surface area contributed by atoms with Gasteiger partial charge in [-0.2, -0.15) is 39.5 Å². The molecular formula is C12H8F9O. The second-order valence-corrected chi connectivity index (χ2v) is 4.05. The van der Waals surface area contributed by atoms with Crippen molar-refractivity contribution >= 4 is 0 Å². The van der Waals surface area contributed by atoms with Crippen LogP contribution in [-0.2, 0) is 23.3 Å². The number of alkyl halides is 9. The van der Waals surface area contributed by atoms with Crippen molar-refractivity contribution in [1.29, 1.82) is 0 Å². The minimum Gasteiger partial charge on any atom is -0.371 e. The molecule has 0 aliphatic carbocycles. The van der Waals surface area contributed by atoms with Crippen molar-refractivity contribution in [2.45, 2.75) is 25.5 Å². The summed E-state index contributed by atoms with van der Waals surface area (Å²) in [6, 6.07) is -0.750. The molecule has 1 radical (unpaired) electrons. The molecule has 0 aliphatic heterocycles. The van der Waals surface area contributed by atoms with E-state index in [-0.39, 0.29) is 25.3 Å². The predicted octanol–water partition coefficient (Wildman–Crippen LogP) is 5.29. The maximum absolute atomic E-state index is 12.8. The molecule has 22 heavy (non-hydrogen) atoms. The highest BCUT2D eigenvalue weighted by Gasteiger charge is 2.44. The van der Waals surface area contributed by atoms with E-state index in [9.17, 15) is 39.5 Å². The molecule has 0 fully saturated rings. The molecule has 0 heterocycles. The third kappa shape index (κ3) is 4.28. The third-order valence-corrected chi connectivity index (χ3v) is 2.49. The van der Waals surface area contributed by atoms with Crippen LogP contribution in [0.1, 0.15) is 29.2 Å². The van der Waals surface area contributed by atoms with Crippen LogP contribution in [-0.4, -0.2) is 6.61 Å². The summed E-state index contributed by atoms with van der Waals surface area (Å²) in [7, 11) is 0. The van der Waals surface area contributed by atoms with Gasteiger partial charge in [0.25, 0.3) is 0 Å². The van der Waals surface area contributed by atoms with Crippen molar-refractivity contribution < 1.29 is 44.3 Å². The third-order valence-electron chi connectivity index (χ3n) is 2.49. The van der Waals surface area contributed by atoms with Crippen molar-refractivity contribution in [3.8, 4) is 0 Å². The quantitative estimate of drug-likeness (QED) is 0.680. The molecule has 0 saturated carbocycles. The summed E-state index contributed by atoms with van der Waals surface area (Å²) in [5, 5.41) is 0. The lowest BCUT2D eigenvalue weighted by atomic mass is 9.96. The van der Waals surface area contributed by atoms with Gasteiger partial charge in [0.15, 0.2) is 0 Å². The topological polar surface area (TPSA) is 9.23 Å². The number of benzene rings is 1. The van der Waals surface area contributed by atoms with Crippen LogP contribution in [0, 0.1) is 6.61 Å². The minimum atomic E-state index is -5.41. The molecule has 1 aromatic rings. The first-order valence-corrected chi connectivity index (χ1v) is 5.63. The standard InChI is InChI=1S/C12H8F9O/c1-2-22-5-7-8(11(16,17)18)3-6(10(13,14)15)4-9(7)12(19,20)21/h3-5H,2H2,1H3. The Morgan fingerprint density at radius 3 is 1.50 bits per heavy atom. The molecular weight excluding hydrogens is 331 g/mol. The zero-order valence-electron chi connectivity index (χ0n) is 10.7. The van der Waals surface area contributed by atoms with E-state index in [4.69, 9.17) is 0 Å². The molecule has 0 saturated heterocycles. The average Bonchev–Trinajstić information content (AvgIpc) is 2.31. The number of hydrogen-bond donors (Lipinski definition) is 0. The highest BCUT2D eigenvalue weighted by molar-refractivity contribution is 5.46. The van der Waals surface area contributed by atoms with Gasteiger partial charge < -0.3 is 4.74 Å². The smallest absolute Gasteiger partial charge is 0.371 e. The zero-order chi connectivity index (χ0) is 17.3. The van der Waals surface area contributed by atoms with Gasteiger partial charge in [0.2, 0.25) is 0 Å². The summed E-state index contributed by atoms with van der Waals surface area (Å²) in [5.41, 5.74) is -7.66. The Hall–Kier alpha value is -1.45. The van der Waals surface area contributed by atoms with E-state index in [0.717, 1.165) is 0 Å². The van der Waals surface area contributed by atoms with E-state index in [1.165, 1.54) is 6.92 Å². The molecule has 0 spiro atoms. The number of ether oxygens (including phenoxy) is 1. The molecule has 10 heteroatoms. The first-order valence-electron chi connectivity index (χ1n) is 5.63. The summed E-state index contributed by atoms with van der Waals surface area (Å²) in [4.78, 5) is 0. The first-order chi connectivity index (χ1) is 9.78. The highest BCUT2D eigenvalue weighted by Crippen LogP contribution is 2.44. The van der Waals surface area contributed by atoms with Crippen molar-refractivity contribution in [2.75, 3.05) is 6.61 Å². The predicted molar refractivity (Wildman–Crippen MR) is 56.5 cm³/mol. The van der Waals surface area contributed by atoms with E-state index in [0.29, 0.717) is 0 Å². The van der Waals surface area contributed by atoms with E-state index in [2.05, 4.69) is 4.74 Å². The molecule has 125 valence electrons. The molecule has 0 bridgehead atoms. The van der Waals surface area contributed by atoms with Gasteiger partial charge in [-0.3, -0.25) is 0 Å². The fourth-order valence-electron chi connectivity index (χ4n) is 1.58. The highest BCUT2D eigenvalue weighted by atomic mass is 19.4. The second kappa shape index (κ2) is 5.98. The maximum atomic E-state index is 12.8. The fourth-order valence-corrected chi connectivity index (χ4v) is 1.58. The number of rotatable bonds is 3. The summed E-state index contributed by atoms with van der Waals surface area (Å²) in [6.07, 6.45) is -16.2. The number of halogens is 9. The Balaban J connectivity index is 3.70. The summed E-state index contributed by atoms with van der Waals surface area (Å²) in [5.74, 6) is 0. The average molecular weight is 339 g/mol. The summed E-state index contributed by atoms with van der Waals surface area (Å²) in [6.45, 7) is 1.20. The van der Waals surface area contributed by atoms with Gasteiger partial charge in [0.1, 0.15) is 6.61 Å². The lowest BCUT2D eigenvalue weighted by Crippen LogP contribution is -2.20. The summed E-state index contributed by atoms with van der Waals surface area (Å²) >= 11 is 0. The van der Waals surface area contributed by atoms with Crippen molar-refractivity contribution in [3.63, 3.8) is 0 Å². The first kappa shape index (κ1) is 18.6. The van der Waals surface area contributed by atoms with Gasteiger partial charge in [0.05, 0.1) is 16.7 Å². The van der Waals surface area contributed by atoms with Crippen LogP contribution in [0.3, 0.4) is 0 Å². The van der Waals surface area contributed by atoms with Crippen LogP contribution >= 0.6 is 0 Å². The lowest BCUT2D eigenvalue weighted by Gasteiger charge is -2.20. The van der Waals surface area contributed by atoms with Gasteiger partial charge in [-0.15, -0.1) is 0 Å². The van der Waals surface area contributed by atoms with Gasteiger partial charge in [0, 0.05) is 12.2 Å². The molecule has 0 atom stereocenters.